The number of amides is 1. The lowest BCUT2D eigenvalue weighted by Crippen LogP contribution is -2.39. The minimum atomic E-state index is -0.770. The molecule has 2 rings (SSSR count). The molecule has 1 aliphatic rings. The molecule has 1 aliphatic heterocycles. The van der Waals surface area contributed by atoms with E-state index in [1.807, 2.05) is 6.92 Å². The summed E-state index contributed by atoms with van der Waals surface area (Å²) >= 11 is 0. The number of rotatable bonds is 5. The van der Waals surface area contributed by atoms with Crippen molar-refractivity contribution < 1.29 is 14.7 Å². The van der Waals surface area contributed by atoms with Crippen molar-refractivity contribution in [2.75, 3.05) is 13.1 Å². The van der Waals surface area contributed by atoms with Gasteiger partial charge in [0, 0.05) is 25.9 Å². The molecule has 7 nitrogen and oxygen atoms in total. The molecule has 1 amide bonds. The van der Waals surface area contributed by atoms with Crippen molar-refractivity contribution >= 4 is 11.9 Å². The molecule has 110 valence electrons. The van der Waals surface area contributed by atoms with Crippen LogP contribution in [0.1, 0.15) is 49.1 Å². The maximum atomic E-state index is 12.2. The molecule has 0 aliphatic carbocycles. The summed E-state index contributed by atoms with van der Waals surface area (Å²) in [6.07, 6.45) is 3.36. The first kappa shape index (κ1) is 14.5. The average Bonchev–Trinajstić information content (AvgIpc) is 2.87. The van der Waals surface area contributed by atoms with Gasteiger partial charge in [0.1, 0.15) is 5.82 Å². The van der Waals surface area contributed by atoms with E-state index in [0.29, 0.717) is 13.1 Å². The van der Waals surface area contributed by atoms with Gasteiger partial charge in [-0.1, -0.05) is 6.92 Å². The zero-order valence-corrected chi connectivity index (χ0v) is 11.6. The predicted octanol–water partition coefficient (Wildman–Crippen LogP) is 1.08. The second kappa shape index (κ2) is 6.49. The fraction of sp³-hybridized carbons (Fsp3) is 0.692. The van der Waals surface area contributed by atoms with Gasteiger partial charge in [-0.2, -0.15) is 0 Å². The summed E-state index contributed by atoms with van der Waals surface area (Å²) < 4.78 is 0. The molecular weight excluding hydrogens is 260 g/mol. The lowest BCUT2D eigenvalue weighted by Gasteiger charge is -2.30. The van der Waals surface area contributed by atoms with Crippen molar-refractivity contribution in [3.8, 4) is 0 Å². The van der Waals surface area contributed by atoms with Crippen molar-refractivity contribution in [2.45, 2.75) is 39.0 Å². The van der Waals surface area contributed by atoms with E-state index in [1.54, 1.807) is 4.90 Å². The summed E-state index contributed by atoms with van der Waals surface area (Å²) in [4.78, 5) is 28.8. The van der Waals surface area contributed by atoms with Crippen LogP contribution in [0.3, 0.4) is 0 Å². The van der Waals surface area contributed by atoms with Crippen molar-refractivity contribution in [1.29, 1.82) is 0 Å². The number of carbonyl (C=O) groups is 2. The SMILES string of the molecule is CCCc1nc(C(=O)N2CCC(CC(=O)O)CC2)n[nH]1. The van der Waals surface area contributed by atoms with Gasteiger partial charge < -0.3 is 10.0 Å². The molecule has 1 aromatic rings. The van der Waals surface area contributed by atoms with Crippen molar-refractivity contribution in [3.63, 3.8) is 0 Å². The van der Waals surface area contributed by atoms with Gasteiger partial charge in [0.15, 0.2) is 0 Å². The van der Waals surface area contributed by atoms with E-state index in [4.69, 9.17) is 5.11 Å². The average molecular weight is 280 g/mol. The Bertz CT molecular complexity index is 478. The lowest BCUT2D eigenvalue weighted by atomic mass is 9.93. The van der Waals surface area contributed by atoms with Crippen LogP contribution in [0.15, 0.2) is 0 Å². The molecule has 1 aromatic heterocycles. The van der Waals surface area contributed by atoms with Gasteiger partial charge in [-0.05, 0) is 25.2 Å². The Labute approximate surface area is 117 Å². The number of H-pyrrole nitrogens is 1. The van der Waals surface area contributed by atoms with Crippen molar-refractivity contribution in [1.82, 2.24) is 20.1 Å². The number of carbonyl (C=O) groups excluding carboxylic acids is 1. The third-order valence-corrected chi connectivity index (χ3v) is 3.57. The molecule has 0 spiro atoms. The van der Waals surface area contributed by atoms with Crippen LogP contribution in [0.25, 0.3) is 0 Å². The number of carboxylic acid groups (broad SMARTS) is 1. The van der Waals surface area contributed by atoms with Crippen molar-refractivity contribution in [3.05, 3.63) is 11.6 Å². The highest BCUT2D eigenvalue weighted by Crippen LogP contribution is 2.21. The van der Waals surface area contributed by atoms with E-state index in [9.17, 15) is 9.59 Å². The number of aromatic nitrogens is 3. The fourth-order valence-electron chi connectivity index (χ4n) is 2.47. The molecule has 0 saturated carbocycles. The van der Waals surface area contributed by atoms with E-state index in [-0.39, 0.29) is 24.1 Å². The molecule has 0 unspecified atom stereocenters. The molecule has 2 N–H and O–H groups in total. The first-order chi connectivity index (χ1) is 9.60. The van der Waals surface area contributed by atoms with Gasteiger partial charge in [0.25, 0.3) is 5.91 Å². The molecule has 20 heavy (non-hydrogen) atoms. The number of hydrogen-bond donors (Lipinski definition) is 2. The van der Waals surface area contributed by atoms with Crippen LogP contribution in [0, 0.1) is 5.92 Å². The first-order valence-corrected chi connectivity index (χ1v) is 7.02. The Balaban J connectivity index is 1.89. The third kappa shape index (κ3) is 3.55. The van der Waals surface area contributed by atoms with Gasteiger partial charge in [0.2, 0.25) is 5.82 Å². The van der Waals surface area contributed by atoms with Gasteiger partial charge in [-0.3, -0.25) is 14.7 Å². The van der Waals surface area contributed by atoms with Gasteiger partial charge >= 0.3 is 5.97 Å². The Morgan fingerprint density at radius 3 is 2.70 bits per heavy atom. The normalized spacial score (nSPS) is 16.4. The fourth-order valence-corrected chi connectivity index (χ4v) is 2.47. The topological polar surface area (TPSA) is 99.2 Å². The zero-order valence-electron chi connectivity index (χ0n) is 11.6. The van der Waals surface area contributed by atoms with Crippen LogP contribution in [-0.4, -0.2) is 50.2 Å². The number of hydrogen-bond acceptors (Lipinski definition) is 4. The smallest absolute Gasteiger partial charge is 0.303 e. The summed E-state index contributed by atoms with van der Waals surface area (Å²) in [6, 6.07) is 0. The van der Waals surface area contributed by atoms with E-state index >= 15 is 0 Å². The number of carboxylic acids is 1. The molecule has 0 bridgehead atoms. The van der Waals surface area contributed by atoms with Crippen LogP contribution in [0.4, 0.5) is 0 Å². The Morgan fingerprint density at radius 1 is 1.40 bits per heavy atom. The van der Waals surface area contributed by atoms with Gasteiger partial charge in [-0.15, -0.1) is 5.10 Å². The summed E-state index contributed by atoms with van der Waals surface area (Å²) in [5, 5.41) is 15.5. The quantitative estimate of drug-likeness (QED) is 0.841. The van der Waals surface area contributed by atoms with E-state index in [2.05, 4.69) is 15.2 Å². The maximum Gasteiger partial charge on any atom is 0.303 e. The standard InChI is InChI=1S/C13H20N4O3/c1-2-3-10-14-12(16-15-10)13(20)17-6-4-9(5-7-17)8-11(18)19/h9H,2-8H2,1H3,(H,18,19)(H,14,15,16). The zero-order chi connectivity index (χ0) is 14.5. The number of nitrogens with zero attached hydrogens (tertiary/aromatic N) is 3. The largest absolute Gasteiger partial charge is 0.481 e. The molecular formula is C13H20N4O3. The number of nitrogens with one attached hydrogen (secondary N) is 1. The van der Waals surface area contributed by atoms with Crippen LogP contribution in [0.5, 0.6) is 0 Å². The van der Waals surface area contributed by atoms with Gasteiger partial charge in [-0.25, -0.2) is 4.98 Å². The van der Waals surface area contributed by atoms with Gasteiger partial charge in [0.05, 0.1) is 0 Å². The predicted molar refractivity (Wildman–Crippen MR) is 71.3 cm³/mol. The first-order valence-electron chi connectivity index (χ1n) is 7.02. The molecule has 0 aromatic carbocycles. The summed E-state index contributed by atoms with van der Waals surface area (Å²) in [5.41, 5.74) is 0. The Kier molecular flexibility index (Phi) is 4.70. The molecule has 1 fully saturated rings. The number of aliphatic carboxylic acids is 1. The van der Waals surface area contributed by atoms with Crippen LogP contribution in [0.2, 0.25) is 0 Å². The monoisotopic (exact) mass is 280 g/mol. The number of piperidine rings is 1. The third-order valence-electron chi connectivity index (χ3n) is 3.57. The minimum Gasteiger partial charge on any atom is -0.481 e. The maximum absolute atomic E-state index is 12.2. The molecule has 0 atom stereocenters. The van der Waals surface area contributed by atoms with Crippen LogP contribution >= 0.6 is 0 Å². The molecule has 0 radical (unpaired) electrons. The summed E-state index contributed by atoms with van der Waals surface area (Å²) in [5.74, 6) is 0.173. The molecule has 7 heteroatoms. The number of likely N-dealkylation sites (tertiary alicyclic amines) is 1. The minimum absolute atomic E-state index is 0.166. The van der Waals surface area contributed by atoms with Crippen LogP contribution in [-0.2, 0) is 11.2 Å². The molecule has 1 saturated heterocycles. The summed E-state index contributed by atoms with van der Waals surface area (Å²) in [7, 11) is 0. The van der Waals surface area contributed by atoms with E-state index in [1.165, 1.54) is 0 Å². The van der Waals surface area contributed by atoms with E-state index in [0.717, 1.165) is 31.5 Å². The van der Waals surface area contributed by atoms with Crippen LogP contribution < -0.4 is 0 Å². The second-order valence-electron chi connectivity index (χ2n) is 5.19. The lowest BCUT2D eigenvalue weighted by molar-refractivity contribution is -0.138. The highest BCUT2D eigenvalue weighted by molar-refractivity contribution is 5.90. The number of aromatic amines is 1. The second-order valence-corrected chi connectivity index (χ2v) is 5.19. The highest BCUT2D eigenvalue weighted by Gasteiger charge is 2.26. The van der Waals surface area contributed by atoms with Crippen molar-refractivity contribution in [2.24, 2.45) is 5.92 Å². The van der Waals surface area contributed by atoms with E-state index < -0.39 is 5.97 Å². The Hall–Kier alpha value is -1.92. The number of aryl methyl sites for hydroxylation is 1. The highest BCUT2D eigenvalue weighted by atomic mass is 16.4. The summed E-state index contributed by atoms with van der Waals surface area (Å²) in [6.45, 7) is 3.19. The molecule has 2 heterocycles. The Morgan fingerprint density at radius 2 is 2.10 bits per heavy atom.